The molecule has 1 heterocycles. The molecule has 0 aromatic heterocycles. The summed E-state index contributed by atoms with van der Waals surface area (Å²) in [6.45, 7) is 2.80. The van der Waals surface area contributed by atoms with E-state index in [1.807, 2.05) is 13.0 Å². The summed E-state index contributed by atoms with van der Waals surface area (Å²) in [4.78, 5) is 0. The van der Waals surface area contributed by atoms with E-state index in [9.17, 15) is 4.39 Å². The van der Waals surface area contributed by atoms with Gasteiger partial charge >= 0.3 is 0 Å². The highest BCUT2D eigenvalue weighted by molar-refractivity contribution is 6.32. The minimum absolute atomic E-state index is 0.0878. The zero-order chi connectivity index (χ0) is 11.7. The zero-order valence-corrected chi connectivity index (χ0v) is 10.2. The highest BCUT2D eigenvalue weighted by Gasteiger charge is 2.24. The molecule has 2 rings (SSSR count). The molecule has 88 valence electrons. The van der Waals surface area contributed by atoms with Crippen LogP contribution >= 0.6 is 11.6 Å². The van der Waals surface area contributed by atoms with Crippen LogP contribution in [-0.2, 0) is 0 Å². The first-order valence-corrected chi connectivity index (χ1v) is 5.78. The van der Waals surface area contributed by atoms with Gasteiger partial charge in [-0.2, -0.15) is 0 Å². The predicted octanol–water partition coefficient (Wildman–Crippen LogP) is 3.22. The average Bonchev–Trinajstić information content (AvgIpc) is 2.77. The molecule has 1 aliphatic rings. The molecule has 0 saturated carbocycles. The van der Waals surface area contributed by atoms with Crippen molar-refractivity contribution < 1.29 is 9.13 Å². The van der Waals surface area contributed by atoms with Crippen molar-refractivity contribution in [1.82, 2.24) is 5.32 Å². The largest absolute Gasteiger partial charge is 0.492 e. The smallest absolute Gasteiger partial charge is 0.173 e. The van der Waals surface area contributed by atoms with E-state index in [0.29, 0.717) is 10.6 Å². The van der Waals surface area contributed by atoms with Gasteiger partial charge in [0.2, 0.25) is 0 Å². The molecule has 2 nitrogen and oxygen atoms in total. The quantitative estimate of drug-likeness (QED) is 0.861. The Hall–Kier alpha value is -0.800. The summed E-state index contributed by atoms with van der Waals surface area (Å²) >= 11 is 5.99. The van der Waals surface area contributed by atoms with E-state index in [-0.39, 0.29) is 17.6 Å². The number of rotatable bonds is 2. The Kier molecular flexibility index (Phi) is 3.36. The third-order valence-corrected chi connectivity index (χ3v) is 3.48. The maximum atomic E-state index is 14.1. The summed E-state index contributed by atoms with van der Waals surface area (Å²) in [5, 5.41) is 3.64. The lowest BCUT2D eigenvalue weighted by Gasteiger charge is -2.16. The third kappa shape index (κ3) is 1.89. The summed E-state index contributed by atoms with van der Waals surface area (Å²) in [7, 11) is 1.44. The molecular weight excluding hydrogens is 229 g/mol. The number of methoxy groups -OCH3 is 1. The summed E-state index contributed by atoms with van der Waals surface area (Å²) in [5.74, 6) is -0.178. The van der Waals surface area contributed by atoms with E-state index in [0.717, 1.165) is 24.9 Å². The van der Waals surface area contributed by atoms with Gasteiger partial charge in [0.1, 0.15) is 0 Å². The topological polar surface area (TPSA) is 21.3 Å². The lowest BCUT2D eigenvalue weighted by molar-refractivity contribution is 0.381. The van der Waals surface area contributed by atoms with Gasteiger partial charge in [-0.15, -0.1) is 0 Å². The summed E-state index contributed by atoms with van der Waals surface area (Å²) < 4.78 is 19.1. The Morgan fingerprint density at radius 3 is 2.88 bits per heavy atom. The number of ether oxygens (including phenoxy) is 1. The molecule has 0 amide bonds. The summed E-state index contributed by atoms with van der Waals surface area (Å²) in [6, 6.07) is 1.90. The van der Waals surface area contributed by atoms with Gasteiger partial charge in [-0.05, 0) is 37.9 Å². The van der Waals surface area contributed by atoms with Crippen LogP contribution in [-0.4, -0.2) is 13.7 Å². The van der Waals surface area contributed by atoms with Crippen molar-refractivity contribution in [3.63, 3.8) is 0 Å². The van der Waals surface area contributed by atoms with Crippen LogP contribution in [0, 0.1) is 12.7 Å². The van der Waals surface area contributed by atoms with Crippen molar-refractivity contribution in [2.24, 2.45) is 0 Å². The molecule has 1 atom stereocenters. The predicted molar refractivity (Wildman–Crippen MR) is 62.7 cm³/mol. The molecule has 1 aromatic rings. The second kappa shape index (κ2) is 4.60. The Bertz CT molecular complexity index is 402. The first-order valence-electron chi connectivity index (χ1n) is 5.41. The van der Waals surface area contributed by atoms with Gasteiger partial charge in [-0.25, -0.2) is 4.39 Å². The molecule has 1 fully saturated rings. The van der Waals surface area contributed by atoms with Crippen molar-refractivity contribution in [2.45, 2.75) is 25.8 Å². The van der Waals surface area contributed by atoms with E-state index < -0.39 is 0 Å². The number of hydrogen-bond donors (Lipinski definition) is 1. The van der Waals surface area contributed by atoms with E-state index in [1.165, 1.54) is 7.11 Å². The van der Waals surface area contributed by atoms with Crippen molar-refractivity contribution >= 4 is 11.6 Å². The minimum atomic E-state index is -0.336. The van der Waals surface area contributed by atoms with Crippen molar-refractivity contribution in [3.8, 4) is 5.75 Å². The number of aryl methyl sites for hydroxylation is 1. The molecule has 0 bridgehead atoms. The molecule has 0 spiro atoms. The van der Waals surface area contributed by atoms with Gasteiger partial charge in [-0.1, -0.05) is 11.6 Å². The highest BCUT2D eigenvalue weighted by atomic mass is 35.5. The monoisotopic (exact) mass is 243 g/mol. The number of halogens is 2. The maximum Gasteiger partial charge on any atom is 0.173 e. The summed E-state index contributed by atoms with van der Waals surface area (Å²) in [5.41, 5.74) is 1.51. The highest BCUT2D eigenvalue weighted by Crippen LogP contribution is 2.37. The lowest BCUT2D eigenvalue weighted by Crippen LogP contribution is -2.15. The molecule has 1 N–H and O–H groups in total. The van der Waals surface area contributed by atoms with Gasteiger partial charge in [0, 0.05) is 11.6 Å². The Morgan fingerprint density at radius 1 is 1.56 bits per heavy atom. The van der Waals surface area contributed by atoms with Gasteiger partial charge in [0.05, 0.1) is 12.1 Å². The second-order valence-electron chi connectivity index (χ2n) is 4.09. The van der Waals surface area contributed by atoms with Crippen LogP contribution in [0.3, 0.4) is 0 Å². The van der Waals surface area contributed by atoms with E-state index in [1.54, 1.807) is 0 Å². The van der Waals surface area contributed by atoms with Gasteiger partial charge in [0.15, 0.2) is 11.6 Å². The SMILES string of the molecule is COc1c(F)c(C2CCCN2)cc(C)c1Cl. The first kappa shape index (κ1) is 11.7. The molecule has 0 radical (unpaired) electrons. The summed E-state index contributed by atoms with van der Waals surface area (Å²) in [6.07, 6.45) is 2.04. The van der Waals surface area contributed by atoms with Crippen LogP contribution in [0.2, 0.25) is 5.02 Å². The minimum Gasteiger partial charge on any atom is -0.492 e. The van der Waals surface area contributed by atoms with E-state index in [2.05, 4.69) is 5.32 Å². The first-order chi connectivity index (χ1) is 7.65. The Morgan fingerprint density at radius 2 is 2.31 bits per heavy atom. The standard InChI is InChI=1S/C12H15ClFNO/c1-7-6-8(9-4-3-5-15-9)11(14)12(16-2)10(7)13/h6,9,15H,3-5H2,1-2H3. The van der Waals surface area contributed by atoms with Gasteiger partial charge in [-0.3, -0.25) is 0 Å². The second-order valence-corrected chi connectivity index (χ2v) is 4.47. The molecule has 4 heteroatoms. The van der Waals surface area contributed by atoms with Crippen LogP contribution in [0.15, 0.2) is 6.07 Å². The molecule has 16 heavy (non-hydrogen) atoms. The molecule has 1 aromatic carbocycles. The number of benzene rings is 1. The van der Waals surface area contributed by atoms with Gasteiger partial charge in [0.25, 0.3) is 0 Å². The van der Waals surface area contributed by atoms with Crippen LogP contribution in [0.4, 0.5) is 4.39 Å². The fourth-order valence-electron chi connectivity index (χ4n) is 2.15. The van der Waals surface area contributed by atoms with Crippen molar-refractivity contribution in [1.29, 1.82) is 0 Å². The molecular formula is C12H15ClFNO. The molecule has 1 saturated heterocycles. The Balaban J connectivity index is 2.49. The van der Waals surface area contributed by atoms with Crippen LogP contribution in [0.1, 0.15) is 30.0 Å². The number of nitrogens with one attached hydrogen (secondary N) is 1. The van der Waals surface area contributed by atoms with Crippen LogP contribution in [0.25, 0.3) is 0 Å². The third-order valence-electron chi connectivity index (χ3n) is 3.01. The maximum absolute atomic E-state index is 14.1. The lowest BCUT2D eigenvalue weighted by atomic mass is 10.0. The fraction of sp³-hybridized carbons (Fsp3) is 0.500. The molecule has 0 aliphatic carbocycles. The fourth-order valence-corrected chi connectivity index (χ4v) is 2.36. The number of hydrogen-bond acceptors (Lipinski definition) is 2. The van der Waals surface area contributed by atoms with Crippen molar-refractivity contribution in [3.05, 3.63) is 28.0 Å². The zero-order valence-electron chi connectivity index (χ0n) is 9.44. The van der Waals surface area contributed by atoms with Gasteiger partial charge < -0.3 is 10.1 Å². The normalized spacial score (nSPS) is 20.1. The molecule has 1 aliphatic heterocycles. The van der Waals surface area contributed by atoms with Crippen molar-refractivity contribution in [2.75, 3.05) is 13.7 Å². The van der Waals surface area contributed by atoms with Crippen LogP contribution in [0.5, 0.6) is 5.75 Å². The Labute approximate surface area is 99.7 Å². The van der Waals surface area contributed by atoms with E-state index in [4.69, 9.17) is 16.3 Å². The molecule has 1 unspecified atom stereocenters. The average molecular weight is 244 g/mol. The van der Waals surface area contributed by atoms with Crippen LogP contribution < -0.4 is 10.1 Å². The van der Waals surface area contributed by atoms with E-state index >= 15 is 0 Å².